The Morgan fingerprint density at radius 3 is 2.58 bits per heavy atom. The highest BCUT2D eigenvalue weighted by molar-refractivity contribution is 7.99. The molecule has 3 rings (SSSR count). The van der Waals surface area contributed by atoms with Crippen LogP contribution in [0.4, 0.5) is 5.69 Å². The lowest BCUT2D eigenvalue weighted by Crippen LogP contribution is -2.28. The van der Waals surface area contributed by atoms with Crippen molar-refractivity contribution in [1.82, 2.24) is 20.1 Å². The van der Waals surface area contributed by atoms with E-state index in [4.69, 9.17) is 27.9 Å². The van der Waals surface area contributed by atoms with E-state index in [2.05, 4.69) is 20.8 Å². The number of hydrogen-bond donors (Lipinski definition) is 2. The molecule has 36 heavy (non-hydrogen) atoms. The van der Waals surface area contributed by atoms with Crippen LogP contribution in [-0.2, 0) is 16.6 Å². The van der Waals surface area contributed by atoms with Gasteiger partial charge in [0.2, 0.25) is 5.91 Å². The van der Waals surface area contributed by atoms with Gasteiger partial charge in [-0.3, -0.25) is 9.59 Å². The van der Waals surface area contributed by atoms with Crippen LogP contribution in [0.25, 0.3) is 0 Å². The molecule has 0 bridgehead atoms. The van der Waals surface area contributed by atoms with Gasteiger partial charge < -0.3 is 19.9 Å². The number of anilines is 1. The van der Waals surface area contributed by atoms with Crippen molar-refractivity contribution in [2.45, 2.75) is 31.5 Å². The average Bonchev–Trinajstić information content (AvgIpc) is 3.23. The number of benzene rings is 2. The molecule has 12 heteroatoms. The van der Waals surface area contributed by atoms with E-state index in [1.807, 2.05) is 6.92 Å². The molecule has 2 N–H and O–H groups in total. The van der Waals surface area contributed by atoms with Crippen molar-refractivity contribution in [2.24, 2.45) is 7.05 Å². The van der Waals surface area contributed by atoms with Crippen LogP contribution >= 0.6 is 35.0 Å². The standard InChI is InChI=1S/C24H25Cl2N5O4S/c1-4-10-35-23(34)16-6-5-7-17(11-16)28-20(32)13-36-24-30-29-21(31(24)3)14(2)27-22(33)15-8-9-18(25)19(26)12-15/h5-9,11-12,14H,4,10,13H2,1-3H3,(H,27,33)(H,28,32)/t14-/m0/s1. The van der Waals surface area contributed by atoms with Crippen LogP contribution < -0.4 is 10.6 Å². The van der Waals surface area contributed by atoms with Crippen molar-refractivity contribution >= 4 is 58.4 Å². The van der Waals surface area contributed by atoms with Crippen molar-refractivity contribution in [2.75, 3.05) is 17.7 Å². The number of hydrogen-bond acceptors (Lipinski definition) is 7. The molecule has 0 saturated carbocycles. The van der Waals surface area contributed by atoms with Gasteiger partial charge in [0.1, 0.15) is 0 Å². The van der Waals surface area contributed by atoms with Crippen molar-refractivity contribution in [3.8, 4) is 0 Å². The molecule has 1 aromatic heterocycles. The molecule has 9 nitrogen and oxygen atoms in total. The third kappa shape index (κ3) is 7.22. The summed E-state index contributed by atoms with van der Waals surface area (Å²) < 4.78 is 6.84. The summed E-state index contributed by atoms with van der Waals surface area (Å²) in [6.45, 7) is 4.03. The molecule has 0 aliphatic heterocycles. The van der Waals surface area contributed by atoms with Crippen molar-refractivity contribution < 1.29 is 19.1 Å². The fourth-order valence-corrected chi connectivity index (χ4v) is 4.16. The van der Waals surface area contributed by atoms with Gasteiger partial charge in [0.25, 0.3) is 5.91 Å². The Hall–Kier alpha value is -3.08. The van der Waals surface area contributed by atoms with Gasteiger partial charge in [0.05, 0.1) is 34.0 Å². The summed E-state index contributed by atoms with van der Waals surface area (Å²) in [5.41, 5.74) is 1.22. The van der Waals surface area contributed by atoms with E-state index in [1.165, 1.54) is 17.8 Å². The van der Waals surface area contributed by atoms with E-state index < -0.39 is 12.0 Å². The first kappa shape index (κ1) is 27.5. The lowest BCUT2D eigenvalue weighted by molar-refractivity contribution is -0.113. The number of esters is 1. The van der Waals surface area contributed by atoms with Gasteiger partial charge in [0.15, 0.2) is 11.0 Å². The largest absolute Gasteiger partial charge is 0.462 e. The first-order chi connectivity index (χ1) is 17.2. The highest BCUT2D eigenvalue weighted by atomic mass is 35.5. The van der Waals surface area contributed by atoms with Gasteiger partial charge in [-0.1, -0.05) is 48.0 Å². The first-order valence-corrected chi connectivity index (χ1v) is 12.8. The van der Waals surface area contributed by atoms with Gasteiger partial charge in [-0.2, -0.15) is 0 Å². The average molecular weight is 550 g/mol. The van der Waals surface area contributed by atoms with Crippen LogP contribution in [0.3, 0.4) is 0 Å². The van der Waals surface area contributed by atoms with E-state index in [0.717, 1.165) is 6.42 Å². The Balaban J connectivity index is 1.56. The van der Waals surface area contributed by atoms with Crippen LogP contribution in [-0.4, -0.2) is 44.9 Å². The summed E-state index contributed by atoms with van der Waals surface area (Å²) in [5.74, 6) is -0.456. The predicted octanol–water partition coefficient (Wildman–Crippen LogP) is 4.91. The number of halogens is 2. The fraction of sp³-hybridized carbons (Fsp3) is 0.292. The molecule has 0 fully saturated rings. The molecule has 0 radical (unpaired) electrons. The minimum absolute atomic E-state index is 0.0699. The molecule has 0 saturated heterocycles. The van der Waals surface area contributed by atoms with Crippen LogP contribution in [0, 0.1) is 0 Å². The Labute approximate surface area is 222 Å². The monoisotopic (exact) mass is 549 g/mol. The number of nitrogens with zero attached hydrogens (tertiary/aromatic N) is 3. The maximum Gasteiger partial charge on any atom is 0.338 e. The molecule has 0 aliphatic rings. The molecular weight excluding hydrogens is 525 g/mol. The van der Waals surface area contributed by atoms with Crippen LogP contribution in [0.5, 0.6) is 0 Å². The number of rotatable bonds is 10. The van der Waals surface area contributed by atoms with Crippen molar-refractivity contribution in [3.63, 3.8) is 0 Å². The Kier molecular flexibility index (Phi) is 9.74. The lowest BCUT2D eigenvalue weighted by Gasteiger charge is -2.14. The van der Waals surface area contributed by atoms with Crippen LogP contribution in [0.1, 0.15) is 52.9 Å². The van der Waals surface area contributed by atoms with E-state index in [-0.39, 0.29) is 22.6 Å². The number of carbonyl (C=O) groups is 3. The zero-order valence-corrected chi connectivity index (χ0v) is 22.2. The minimum atomic E-state index is -0.456. The normalized spacial score (nSPS) is 11.6. The van der Waals surface area contributed by atoms with E-state index in [1.54, 1.807) is 54.9 Å². The molecule has 2 amide bonds. The first-order valence-electron chi connectivity index (χ1n) is 11.0. The quantitative estimate of drug-likeness (QED) is 0.272. The van der Waals surface area contributed by atoms with Crippen LogP contribution in [0.2, 0.25) is 10.0 Å². The van der Waals surface area contributed by atoms with Gasteiger partial charge in [-0.05, 0) is 49.7 Å². The lowest BCUT2D eigenvalue weighted by atomic mass is 10.2. The smallest absolute Gasteiger partial charge is 0.338 e. The van der Waals surface area contributed by atoms with Gasteiger partial charge in [0, 0.05) is 18.3 Å². The predicted molar refractivity (Wildman–Crippen MR) is 140 cm³/mol. The highest BCUT2D eigenvalue weighted by Gasteiger charge is 2.19. The summed E-state index contributed by atoms with van der Waals surface area (Å²) in [7, 11) is 1.75. The summed E-state index contributed by atoms with van der Waals surface area (Å²) in [6, 6.07) is 10.7. The topological polar surface area (TPSA) is 115 Å². The SMILES string of the molecule is CCCOC(=O)c1cccc(NC(=O)CSc2nnc([C@H](C)NC(=O)c3ccc(Cl)c(Cl)c3)n2C)c1. The molecule has 0 spiro atoms. The van der Waals surface area contributed by atoms with Gasteiger partial charge >= 0.3 is 5.97 Å². The molecule has 190 valence electrons. The zero-order valence-electron chi connectivity index (χ0n) is 19.9. The molecule has 0 aliphatic carbocycles. The molecule has 0 unspecified atom stereocenters. The van der Waals surface area contributed by atoms with Crippen molar-refractivity contribution in [3.05, 3.63) is 69.5 Å². The number of nitrogens with one attached hydrogen (secondary N) is 2. The van der Waals surface area contributed by atoms with Gasteiger partial charge in [-0.15, -0.1) is 10.2 Å². The van der Waals surface area contributed by atoms with E-state index in [0.29, 0.717) is 39.4 Å². The van der Waals surface area contributed by atoms with Crippen LogP contribution in [0.15, 0.2) is 47.6 Å². The molecule has 1 heterocycles. The third-order valence-corrected chi connectivity index (χ3v) is 6.70. The number of aromatic nitrogens is 3. The summed E-state index contributed by atoms with van der Waals surface area (Å²) in [6.07, 6.45) is 0.728. The third-order valence-electron chi connectivity index (χ3n) is 4.94. The summed E-state index contributed by atoms with van der Waals surface area (Å²) in [5, 5.41) is 15.1. The van der Waals surface area contributed by atoms with Gasteiger partial charge in [-0.25, -0.2) is 4.79 Å². The number of thioether (sulfide) groups is 1. The second kappa shape index (κ2) is 12.8. The second-order valence-electron chi connectivity index (χ2n) is 7.78. The molecular formula is C24H25Cl2N5O4S. The Morgan fingerprint density at radius 2 is 1.86 bits per heavy atom. The molecule has 2 aromatic carbocycles. The maximum absolute atomic E-state index is 12.6. The summed E-state index contributed by atoms with van der Waals surface area (Å²) >= 11 is 13.1. The molecule has 1 atom stereocenters. The second-order valence-corrected chi connectivity index (χ2v) is 9.53. The number of ether oxygens (including phenoxy) is 1. The minimum Gasteiger partial charge on any atom is -0.462 e. The highest BCUT2D eigenvalue weighted by Crippen LogP contribution is 2.24. The van der Waals surface area contributed by atoms with E-state index >= 15 is 0 Å². The maximum atomic E-state index is 12.6. The summed E-state index contributed by atoms with van der Waals surface area (Å²) in [4.78, 5) is 37.0. The number of carbonyl (C=O) groups excluding carboxylic acids is 3. The Morgan fingerprint density at radius 1 is 1.08 bits per heavy atom. The number of amides is 2. The Bertz CT molecular complexity index is 1270. The zero-order chi connectivity index (χ0) is 26.2. The van der Waals surface area contributed by atoms with E-state index in [9.17, 15) is 14.4 Å². The fourth-order valence-electron chi connectivity index (χ4n) is 3.14. The van der Waals surface area contributed by atoms with Crippen molar-refractivity contribution in [1.29, 1.82) is 0 Å². The molecule has 3 aromatic rings.